The van der Waals surface area contributed by atoms with Gasteiger partial charge in [-0.3, -0.25) is 14.9 Å². The molecule has 0 radical (unpaired) electrons. The van der Waals surface area contributed by atoms with E-state index in [1.165, 1.54) is 12.4 Å². The molecule has 2 aromatic carbocycles. The predicted octanol–water partition coefficient (Wildman–Crippen LogP) is 2.53. The molecule has 0 fully saturated rings. The van der Waals surface area contributed by atoms with Crippen molar-refractivity contribution in [3.8, 4) is 0 Å². The van der Waals surface area contributed by atoms with Gasteiger partial charge in [-0.2, -0.15) is 0 Å². The highest BCUT2D eigenvalue weighted by Gasteiger charge is 2.20. The summed E-state index contributed by atoms with van der Waals surface area (Å²) >= 11 is 0. The Morgan fingerprint density at radius 1 is 1.19 bits per heavy atom. The second kappa shape index (κ2) is 6.83. The van der Waals surface area contributed by atoms with Crippen molar-refractivity contribution in [2.24, 2.45) is 0 Å². The van der Waals surface area contributed by atoms with Crippen LogP contribution in [0.5, 0.6) is 0 Å². The standard InChI is InChI=1S/C18H19N5O3/c1-21(2)13-6-4-5-12(7-13)10-22(3)16-9-15-14(8-17(16)23(25)26)18(24)20-11-19-15/h4-9,11H,10H2,1-3H3,(H,19,20,24). The first-order valence-electron chi connectivity index (χ1n) is 8.00. The third kappa shape index (κ3) is 3.34. The maximum absolute atomic E-state index is 11.9. The number of fused-ring (bicyclic) bond motifs is 1. The summed E-state index contributed by atoms with van der Waals surface area (Å²) in [7, 11) is 5.70. The van der Waals surface area contributed by atoms with Gasteiger partial charge in [-0.1, -0.05) is 12.1 Å². The fourth-order valence-electron chi connectivity index (χ4n) is 2.84. The molecule has 3 aromatic rings. The highest BCUT2D eigenvalue weighted by molar-refractivity contribution is 5.86. The van der Waals surface area contributed by atoms with Crippen LogP contribution in [0.25, 0.3) is 10.9 Å². The molecule has 0 unspecified atom stereocenters. The fraction of sp³-hybridized carbons (Fsp3) is 0.222. The van der Waals surface area contributed by atoms with Crippen LogP contribution in [-0.2, 0) is 6.54 Å². The van der Waals surface area contributed by atoms with Crippen LogP contribution in [-0.4, -0.2) is 36.0 Å². The molecule has 134 valence electrons. The van der Waals surface area contributed by atoms with Crippen molar-refractivity contribution in [3.05, 3.63) is 68.8 Å². The number of rotatable bonds is 5. The number of nitrogens with one attached hydrogen (secondary N) is 1. The van der Waals surface area contributed by atoms with Crippen LogP contribution in [0.4, 0.5) is 17.1 Å². The number of nitro benzene ring substituents is 1. The number of aromatic nitrogens is 2. The van der Waals surface area contributed by atoms with E-state index in [-0.39, 0.29) is 11.1 Å². The normalized spacial score (nSPS) is 10.7. The Labute approximate surface area is 149 Å². The molecule has 0 aliphatic carbocycles. The summed E-state index contributed by atoms with van der Waals surface area (Å²) in [6.45, 7) is 0.483. The first kappa shape index (κ1) is 17.4. The molecule has 1 heterocycles. The lowest BCUT2D eigenvalue weighted by molar-refractivity contribution is -0.384. The number of benzene rings is 2. The van der Waals surface area contributed by atoms with E-state index in [4.69, 9.17) is 0 Å². The second-order valence-electron chi connectivity index (χ2n) is 6.27. The Balaban J connectivity index is 2.03. The Morgan fingerprint density at radius 3 is 2.65 bits per heavy atom. The number of hydrogen-bond acceptors (Lipinski definition) is 6. The van der Waals surface area contributed by atoms with Crippen LogP contribution in [0, 0.1) is 10.1 Å². The van der Waals surface area contributed by atoms with Crippen molar-refractivity contribution >= 4 is 28.0 Å². The van der Waals surface area contributed by atoms with Crippen molar-refractivity contribution in [1.29, 1.82) is 0 Å². The number of aromatic amines is 1. The van der Waals surface area contributed by atoms with Gasteiger partial charge in [-0.15, -0.1) is 0 Å². The molecule has 3 rings (SSSR count). The maximum Gasteiger partial charge on any atom is 0.293 e. The average molecular weight is 353 g/mol. The van der Waals surface area contributed by atoms with E-state index in [1.54, 1.807) is 18.0 Å². The largest absolute Gasteiger partial charge is 0.378 e. The first-order valence-corrected chi connectivity index (χ1v) is 8.00. The van der Waals surface area contributed by atoms with Crippen molar-refractivity contribution < 1.29 is 4.92 Å². The van der Waals surface area contributed by atoms with Crippen LogP contribution >= 0.6 is 0 Å². The van der Waals surface area contributed by atoms with E-state index in [0.29, 0.717) is 17.7 Å². The summed E-state index contributed by atoms with van der Waals surface area (Å²) in [4.78, 5) is 33.3. The maximum atomic E-state index is 11.9. The van der Waals surface area contributed by atoms with Crippen LogP contribution in [0.1, 0.15) is 5.56 Å². The van der Waals surface area contributed by atoms with Gasteiger partial charge >= 0.3 is 0 Å². The van der Waals surface area contributed by atoms with Gasteiger partial charge in [-0.05, 0) is 23.8 Å². The first-order chi connectivity index (χ1) is 12.4. The second-order valence-corrected chi connectivity index (χ2v) is 6.27. The highest BCUT2D eigenvalue weighted by Crippen LogP contribution is 2.31. The molecule has 0 aliphatic rings. The van der Waals surface area contributed by atoms with Gasteiger partial charge in [0.05, 0.1) is 22.2 Å². The van der Waals surface area contributed by atoms with Crippen LogP contribution < -0.4 is 15.4 Å². The van der Waals surface area contributed by atoms with Crippen LogP contribution in [0.2, 0.25) is 0 Å². The van der Waals surface area contributed by atoms with Gasteiger partial charge in [0.25, 0.3) is 11.2 Å². The molecule has 0 saturated heterocycles. The zero-order valence-corrected chi connectivity index (χ0v) is 14.8. The summed E-state index contributed by atoms with van der Waals surface area (Å²) in [5, 5.41) is 11.7. The molecule has 0 spiro atoms. The Bertz CT molecular complexity index is 1030. The molecule has 0 saturated carbocycles. The number of hydrogen-bond donors (Lipinski definition) is 1. The molecule has 0 amide bonds. The number of anilines is 2. The van der Waals surface area contributed by atoms with Gasteiger partial charge in [0, 0.05) is 39.4 Å². The van der Waals surface area contributed by atoms with Crippen molar-refractivity contribution in [3.63, 3.8) is 0 Å². The quantitative estimate of drug-likeness (QED) is 0.559. The predicted molar refractivity (Wildman–Crippen MR) is 102 cm³/mol. The number of nitro groups is 1. The van der Waals surface area contributed by atoms with Gasteiger partial charge in [0.1, 0.15) is 5.69 Å². The van der Waals surface area contributed by atoms with Gasteiger partial charge in [0.2, 0.25) is 0 Å². The lowest BCUT2D eigenvalue weighted by atomic mass is 10.1. The third-order valence-corrected chi connectivity index (χ3v) is 4.19. The third-order valence-electron chi connectivity index (χ3n) is 4.19. The van der Waals surface area contributed by atoms with E-state index in [9.17, 15) is 14.9 Å². The van der Waals surface area contributed by atoms with Gasteiger partial charge in [-0.25, -0.2) is 4.98 Å². The number of nitrogens with zero attached hydrogens (tertiary/aromatic N) is 4. The molecule has 0 atom stereocenters. The highest BCUT2D eigenvalue weighted by atomic mass is 16.6. The molecular formula is C18H19N5O3. The van der Waals surface area contributed by atoms with Gasteiger partial charge in [0.15, 0.2) is 0 Å². The van der Waals surface area contributed by atoms with Crippen molar-refractivity contribution in [2.45, 2.75) is 6.54 Å². The SMILES string of the molecule is CN(C)c1cccc(CN(C)c2cc3nc[nH]c(=O)c3cc2[N+](=O)[O-])c1. The lowest BCUT2D eigenvalue weighted by Gasteiger charge is -2.21. The monoisotopic (exact) mass is 353 g/mol. The Hall–Kier alpha value is -3.42. The smallest absolute Gasteiger partial charge is 0.293 e. The van der Waals surface area contributed by atoms with Crippen molar-refractivity contribution in [2.75, 3.05) is 30.9 Å². The molecule has 8 heteroatoms. The average Bonchev–Trinajstić information content (AvgIpc) is 2.61. The molecule has 8 nitrogen and oxygen atoms in total. The fourth-order valence-corrected chi connectivity index (χ4v) is 2.84. The van der Waals surface area contributed by atoms with E-state index >= 15 is 0 Å². The zero-order chi connectivity index (χ0) is 18.8. The Kier molecular flexibility index (Phi) is 4.57. The van der Waals surface area contributed by atoms with Crippen molar-refractivity contribution in [1.82, 2.24) is 9.97 Å². The summed E-state index contributed by atoms with van der Waals surface area (Å²) in [5.74, 6) is 0. The molecule has 26 heavy (non-hydrogen) atoms. The molecule has 0 bridgehead atoms. The molecule has 1 N–H and O–H groups in total. The van der Waals surface area contributed by atoms with Gasteiger partial charge < -0.3 is 14.8 Å². The minimum absolute atomic E-state index is 0.123. The Morgan fingerprint density at radius 2 is 1.96 bits per heavy atom. The lowest BCUT2D eigenvalue weighted by Crippen LogP contribution is -2.19. The van der Waals surface area contributed by atoms with E-state index < -0.39 is 10.5 Å². The summed E-state index contributed by atoms with van der Waals surface area (Å²) in [6.07, 6.45) is 1.29. The summed E-state index contributed by atoms with van der Waals surface area (Å²) in [5.41, 5.74) is 2.39. The molecule has 1 aromatic heterocycles. The minimum Gasteiger partial charge on any atom is -0.378 e. The van der Waals surface area contributed by atoms with Crippen LogP contribution in [0.3, 0.4) is 0 Å². The van der Waals surface area contributed by atoms with Crippen LogP contribution in [0.15, 0.2) is 47.5 Å². The summed E-state index contributed by atoms with van der Waals surface area (Å²) < 4.78 is 0. The molecule has 0 aliphatic heterocycles. The van der Waals surface area contributed by atoms with E-state index in [0.717, 1.165) is 11.3 Å². The minimum atomic E-state index is -0.478. The topological polar surface area (TPSA) is 95.4 Å². The van der Waals surface area contributed by atoms with E-state index in [2.05, 4.69) is 9.97 Å². The zero-order valence-electron chi connectivity index (χ0n) is 14.8. The van der Waals surface area contributed by atoms with E-state index in [1.807, 2.05) is 43.3 Å². The molecular weight excluding hydrogens is 334 g/mol. The number of H-pyrrole nitrogens is 1. The summed E-state index contributed by atoms with van der Waals surface area (Å²) in [6, 6.07) is 10.8.